The number of rotatable bonds is 2. The van der Waals surface area contributed by atoms with E-state index in [4.69, 9.17) is 4.74 Å². The number of carbonyl (C=O) groups excluding carboxylic acids is 1. The molecule has 0 bridgehead atoms. The highest BCUT2D eigenvalue weighted by Crippen LogP contribution is 2.28. The van der Waals surface area contributed by atoms with Gasteiger partial charge in [0.2, 0.25) is 0 Å². The van der Waals surface area contributed by atoms with Gasteiger partial charge in [-0.1, -0.05) is 6.92 Å². The third kappa shape index (κ3) is 2.94. The SMILES string of the molecule is COc1ccc(C(=O)N2CCCC(C)C2C)cc1Br. The quantitative estimate of drug-likeness (QED) is 0.829. The van der Waals surface area contributed by atoms with E-state index >= 15 is 0 Å². The molecule has 1 amide bonds. The van der Waals surface area contributed by atoms with Crippen LogP contribution in [-0.2, 0) is 0 Å². The average molecular weight is 326 g/mol. The molecule has 104 valence electrons. The van der Waals surface area contributed by atoms with Crippen LogP contribution in [0.5, 0.6) is 5.75 Å². The predicted molar refractivity (Wildman–Crippen MR) is 79.6 cm³/mol. The van der Waals surface area contributed by atoms with Crippen LogP contribution in [0.15, 0.2) is 22.7 Å². The Morgan fingerprint density at radius 3 is 2.79 bits per heavy atom. The van der Waals surface area contributed by atoms with E-state index in [1.807, 2.05) is 23.1 Å². The number of halogens is 1. The monoisotopic (exact) mass is 325 g/mol. The molecule has 0 aromatic heterocycles. The summed E-state index contributed by atoms with van der Waals surface area (Å²) >= 11 is 3.43. The molecule has 0 radical (unpaired) electrons. The summed E-state index contributed by atoms with van der Waals surface area (Å²) < 4.78 is 6.01. The van der Waals surface area contributed by atoms with Gasteiger partial charge in [-0.2, -0.15) is 0 Å². The molecule has 1 heterocycles. The van der Waals surface area contributed by atoms with Crippen LogP contribution in [0.25, 0.3) is 0 Å². The standard InChI is InChI=1S/C15H20BrNO2/c1-10-5-4-8-17(11(10)2)15(18)12-6-7-14(19-3)13(16)9-12/h6-7,9-11H,4-5,8H2,1-3H3. The second-order valence-corrected chi connectivity index (χ2v) is 6.06. The van der Waals surface area contributed by atoms with Crippen molar-refractivity contribution in [2.45, 2.75) is 32.7 Å². The normalized spacial score (nSPS) is 23.3. The van der Waals surface area contributed by atoms with Crippen LogP contribution in [0.1, 0.15) is 37.0 Å². The molecular formula is C15H20BrNO2. The molecule has 1 aromatic rings. The number of hydrogen-bond donors (Lipinski definition) is 0. The maximum absolute atomic E-state index is 12.6. The van der Waals surface area contributed by atoms with Gasteiger partial charge in [-0.15, -0.1) is 0 Å². The summed E-state index contributed by atoms with van der Waals surface area (Å²) in [5.41, 5.74) is 0.716. The Kier molecular flexibility index (Phi) is 4.50. The second-order valence-electron chi connectivity index (χ2n) is 5.21. The summed E-state index contributed by atoms with van der Waals surface area (Å²) in [5.74, 6) is 1.43. The van der Waals surface area contributed by atoms with Gasteiger partial charge in [0.15, 0.2) is 0 Å². The lowest BCUT2D eigenvalue weighted by Gasteiger charge is -2.38. The molecule has 3 nitrogen and oxygen atoms in total. The number of piperidine rings is 1. The molecule has 4 heteroatoms. The van der Waals surface area contributed by atoms with Gasteiger partial charge in [0, 0.05) is 18.2 Å². The number of nitrogens with zero attached hydrogens (tertiary/aromatic N) is 1. The van der Waals surface area contributed by atoms with E-state index < -0.39 is 0 Å². The molecule has 0 spiro atoms. The number of methoxy groups -OCH3 is 1. The van der Waals surface area contributed by atoms with Crippen LogP contribution in [0.4, 0.5) is 0 Å². The van der Waals surface area contributed by atoms with Crippen LogP contribution in [0.2, 0.25) is 0 Å². The number of hydrogen-bond acceptors (Lipinski definition) is 2. The molecular weight excluding hydrogens is 306 g/mol. The molecule has 0 saturated carbocycles. The van der Waals surface area contributed by atoms with E-state index in [9.17, 15) is 4.79 Å². The van der Waals surface area contributed by atoms with Gasteiger partial charge in [0.25, 0.3) is 5.91 Å². The van der Waals surface area contributed by atoms with Crippen LogP contribution >= 0.6 is 15.9 Å². The summed E-state index contributed by atoms with van der Waals surface area (Å²) in [6, 6.07) is 5.81. The Bertz CT molecular complexity index is 475. The molecule has 2 atom stereocenters. The van der Waals surface area contributed by atoms with Crippen molar-refractivity contribution in [2.24, 2.45) is 5.92 Å². The van der Waals surface area contributed by atoms with Crippen LogP contribution in [-0.4, -0.2) is 30.5 Å². The fourth-order valence-electron chi connectivity index (χ4n) is 2.59. The highest BCUT2D eigenvalue weighted by atomic mass is 79.9. The zero-order valence-corrected chi connectivity index (χ0v) is 13.2. The lowest BCUT2D eigenvalue weighted by atomic mass is 9.91. The number of amides is 1. The first-order valence-corrected chi connectivity index (χ1v) is 7.48. The summed E-state index contributed by atoms with van der Waals surface area (Å²) in [5, 5.41) is 0. The molecule has 19 heavy (non-hydrogen) atoms. The van der Waals surface area contributed by atoms with E-state index in [0.29, 0.717) is 17.5 Å². The van der Waals surface area contributed by atoms with Gasteiger partial charge in [0.05, 0.1) is 11.6 Å². The Labute approximate surface area is 123 Å². The molecule has 1 aliphatic rings. The fraction of sp³-hybridized carbons (Fsp3) is 0.533. The third-order valence-corrected chi connectivity index (χ3v) is 4.65. The lowest BCUT2D eigenvalue weighted by Crippen LogP contribution is -2.46. The highest BCUT2D eigenvalue weighted by molar-refractivity contribution is 9.10. The minimum absolute atomic E-state index is 0.113. The van der Waals surface area contributed by atoms with E-state index in [1.54, 1.807) is 7.11 Å². The summed E-state index contributed by atoms with van der Waals surface area (Å²) in [4.78, 5) is 14.6. The molecule has 2 unspecified atom stereocenters. The minimum atomic E-state index is 0.113. The van der Waals surface area contributed by atoms with Crippen molar-refractivity contribution in [1.29, 1.82) is 0 Å². The summed E-state index contributed by atoms with van der Waals surface area (Å²) in [6.07, 6.45) is 2.30. The summed E-state index contributed by atoms with van der Waals surface area (Å²) in [7, 11) is 1.62. The Hall–Kier alpha value is -1.03. The van der Waals surface area contributed by atoms with E-state index in [-0.39, 0.29) is 5.91 Å². The zero-order valence-electron chi connectivity index (χ0n) is 11.6. The third-order valence-electron chi connectivity index (χ3n) is 4.03. The Balaban J connectivity index is 2.21. The maximum atomic E-state index is 12.6. The van der Waals surface area contributed by atoms with Crippen LogP contribution in [0, 0.1) is 5.92 Å². The van der Waals surface area contributed by atoms with Gasteiger partial charge >= 0.3 is 0 Å². The molecule has 1 saturated heterocycles. The van der Waals surface area contributed by atoms with E-state index in [0.717, 1.165) is 23.2 Å². The van der Waals surface area contributed by atoms with Crippen molar-refractivity contribution < 1.29 is 9.53 Å². The van der Waals surface area contributed by atoms with Gasteiger partial charge in [-0.3, -0.25) is 4.79 Å². The highest BCUT2D eigenvalue weighted by Gasteiger charge is 2.29. The smallest absolute Gasteiger partial charge is 0.254 e. The van der Waals surface area contributed by atoms with Gasteiger partial charge in [0.1, 0.15) is 5.75 Å². The lowest BCUT2D eigenvalue weighted by molar-refractivity contribution is 0.0551. The number of ether oxygens (including phenoxy) is 1. The first-order valence-electron chi connectivity index (χ1n) is 6.69. The first kappa shape index (κ1) is 14.4. The maximum Gasteiger partial charge on any atom is 0.254 e. The second kappa shape index (κ2) is 5.95. The number of likely N-dealkylation sites (tertiary alicyclic amines) is 1. The molecule has 0 N–H and O–H groups in total. The van der Waals surface area contributed by atoms with Gasteiger partial charge in [-0.25, -0.2) is 0 Å². The van der Waals surface area contributed by atoms with Crippen molar-refractivity contribution in [3.8, 4) is 5.75 Å². The van der Waals surface area contributed by atoms with Gasteiger partial charge in [-0.05, 0) is 59.8 Å². The first-order chi connectivity index (χ1) is 9.04. The summed E-state index contributed by atoms with van der Waals surface area (Å²) in [6.45, 7) is 5.21. The molecule has 2 rings (SSSR count). The minimum Gasteiger partial charge on any atom is -0.496 e. The Morgan fingerprint density at radius 2 is 2.16 bits per heavy atom. The van der Waals surface area contributed by atoms with E-state index in [1.165, 1.54) is 6.42 Å². The molecule has 1 aromatic carbocycles. The van der Waals surface area contributed by atoms with Crippen molar-refractivity contribution in [3.05, 3.63) is 28.2 Å². The average Bonchev–Trinajstić information content (AvgIpc) is 2.41. The van der Waals surface area contributed by atoms with Gasteiger partial charge < -0.3 is 9.64 Å². The fourth-order valence-corrected chi connectivity index (χ4v) is 3.13. The molecule has 1 fully saturated rings. The van der Waals surface area contributed by atoms with Crippen molar-refractivity contribution in [3.63, 3.8) is 0 Å². The van der Waals surface area contributed by atoms with Crippen LogP contribution < -0.4 is 4.74 Å². The topological polar surface area (TPSA) is 29.5 Å². The molecule has 0 aliphatic carbocycles. The van der Waals surface area contributed by atoms with Crippen molar-refractivity contribution in [1.82, 2.24) is 4.90 Å². The van der Waals surface area contributed by atoms with Crippen molar-refractivity contribution in [2.75, 3.05) is 13.7 Å². The molecule has 1 aliphatic heterocycles. The predicted octanol–water partition coefficient (Wildman–Crippen LogP) is 3.72. The van der Waals surface area contributed by atoms with E-state index in [2.05, 4.69) is 29.8 Å². The Morgan fingerprint density at radius 1 is 1.42 bits per heavy atom. The largest absolute Gasteiger partial charge is 0.496 e. The number of carbonyl (C=O) groups is 1. The van der Waals surface area contributed by atoms with Crippen molar-refractivity contribution >= 4 is 21.8 Å². The zero-order chi connectivity index (χ0) is 14.0. The number of benzene rings is 1. The van der Waals surface area contributed by atoms with Crippen LogP contribution in [0.3, 0.4) is 0 Å².